The quantitative estimate of drug-likeness (QED) is 0.828. The Balaban J connectivity index is 1.70. The molecule has 1 aromatic rings. The van der Waals surface area contributed by atoms with Gasteiger partial charge in [-0.3, -0.25) is 4.79 Å². The third-order valence-corrected chi connectivity index (χ3v) is 7.47. The number of sulfonamides is 1. The number of piperidine rings is 2. The number of likely N-dealkylation sites (tertiary alicyclic amines) is 1. The van der Waals surface area contributed by atoms with Gasteiger partial charge in [-0.15, -0.1) is 0 Å². The summed E-state index contributed by atoms with van der Waals surface area (Å²) >= 11 is 0. The normalized spacial score (nSPS) is 21.4. The molecule has 2 aliphatic heterocycles. The van der Waals surface area contributed by atoms with Gasteiger partial charge in [0.15, 0.2) is 0 Å². The van der Waals surface area contributed by atoms with Crippen molar-refractivity contribution in [1.82, 2.24) is 9.21 Å². The van der Waals surface area contributed by atoms with Crippen LogP contribution in [0.1, 0.15) is 49.9 Å². The van der Waals surface area contributed by atoms with Crippen molar-refractivity contribution in [3.05, 3.63) is 29.8 Å². The van der Waals surface area contributed by atoms with E-state index >= 15 is 0 Å². The van der Waals surface area contributed by atoms with Crippen LogP contribution in [-0.2, 0) is 10.0 Å². The number of amides is 1. The molecule has 0 aliphatic carbocycles. The van der Waals surface area contributed by atoms with Gasteiger partial charge in [-0.05, 0) is 61.8 Å². The van der Waals surface area contributed by atoms with Crippen LogP contribution in [0.4, 0.5) is 0 Å². The third kappa shape index (κ3) is 4.06. The van der Waals surface area contributed by atoms with Gasteiger partial charge in [0.05, 0.1) is 4.90 Å². The van der Waals surface area contributed by atoms with Crippen LogP contribution in [0.3, 0.4) is 0 Å². The van der Waals surface area contributed by atoms with Gasteiger partial charge < -0.3 is 4.90 Å². The smallest absolute Gasteiger partial charge is 0.253 e. The highest BCUT2D eigenvalue weighted by Crippen LogP contribution is 2.24. The maximum absolute atomic E-state index is 12.7. The second-order valence-corrected chi connectivity index (χ2v) is 9.52. The molecule has 3 rings (SSSR count). The Bertz CT molecular complexity index is 699. The van der Waals surface area contributed by atoms with E-state index in [1.165, 1.54) is 0 Å². The molecule has 2 aliphatic rings. The average Bonchev–Trinajstić information content (AvgIpc) is 2.62. The summed E-state index contributed by atoms with van der Waals surface area (Å²) in [6, 6.07) is 6.46. The fourth-order valence-electron chi connectivity index (χ4n) is 3.54. The van der Waals surface area contributed by atoms with Crippen molar-refractivity contribution in [2.24, 2.45) is 11.8 Å². The largest absolute Gasteiger partial charge is 0.339 e. The first-order valence-electron chi connectivity index (χ1n) is 9.27. The molecule has 2 heterocycles. The highest BCUT2D eigenvalue weighted by molar-refractivity contribution is 7.89. The van der Waals surface area contributed by atoms with E-state index in [1.54, 1.807) is 28.6 Å². The van der Waals surface area contributed by atoms with Crippen LogP contribution in [-0.4, -0.2) is 49.7 Å². The van der Waals surface area contributed by atoms with E-state index in [4.69, 9.17) is 0 Å². The molecule has 2 saturated heterocycles. The molecule has 1 amide bonds. The average molecular weight is 365 g/mol. The van der Waals surface area contributed by atoms with Crippen molar-refractivity contribution >= 4 is 15.9 Å². The summed E-state index contributed by atoms with van der Waals surface area (Å²) in [4.78, 5) is 14.7. The van der Waals surface area contributed by atoms with Crippen LogP contribution in [0.15, 0.2) is 29.2 Å². The Kier molecular flexibility index (Phi) is 5.49. The highest BCUT2D eigenvalue weighted by Gasteiger charge is 2.28. The minimum Gasteiger partial charge on any atom is -0.339 e. The molecule has 0 N–H and O–H groups in total. The first kappa shape index (κ1) is 18.4. The fourth-order valence-corrected chi connectivity index (χ4v) is 5.01. The predicted molar refractivity (Wildman–Crippen MR) is 97.9 cm³/mol. The molecule has 0 atom stereocenters. The lowest BCUT2D eigenvalue weighted by Gasteiger charge is -2.30. The predicted octanol–water partition coefficient (Wildman–Crippen LogP) is 2.98. The SMILES string of the molecule is CC1CCN(C(=O)c2ccc(S(=O)(=O)N3CCC(C)CC3)cc2)CC1. The molecule has 0 spiro atoms. The van der Waals surface area contributed by atoms with Crippen molar-refractivity contribution in [2.45, 2.75) is 44.4 Å². The zero-order chi connectivity index (χ0) is 18.0. The number of carbonyl (C=O) groups is 1. The first-order chi connectivity index (χ1) is 11.9. The van der Waals surface area contributed by atoms with Crippen LogP contribution >= 0.6 is 0 Å². The van der Waals surface area contributed by atoms with Crippen molar-refractivity contribution in [3.63, 3.8) is 0 Å². The molecule has 5 nitrogen and oxygen atoms in total. The first-order valence-corrected chi connectivity index (χ1v) is 10.7. The summed E-state index contributed by atoms with van der Waals surface area (Å²) < 4.78 is 27.1. The standard InChI is InChI=1S/C19H28N2O3S/c1-15-7-11-20(12-8-15)19(22)17-3-5-18(6-4-17)25(23,24)21-13-9-16(2)10-14-21/h3-6,15-16H,7-14H2,1-2H3. The van der Waals surface area contributed by atoms with Crippen LogP contribution in [0.5, 0.6) is 0 Å². The van der Waals surface area contributed by atoms with Gasteiger partial charge in [-0.1, -0.05) is 13.8 Å². The molecule has 6 heteroatoms. The van der Waals surface area contributed by atoms with Crippen LogP contribution in [0, 0.1) is 11.8 Å². The fraction of sp³-hybridized carbons (Fsp3) is 0.632. The maximum Gasteiger partial charge on any atom is 0.253 e. The van der Waals surface area contributed by atoms with Gasteiger partial charge in [-0.25, -0.2) is 8.42 Å². The summed E-state index contributed by atoms with van der Waals surface area (Å²) in [5.41, 5.74) is 0.570. The Labute approximate surface area is 151 Å². The molecule has 0 bridgehead atoms. The van der Waals surface area contributed by atoms with Gasteiger partial charge in [-0.2, -0.15) is 4.31 Å². The van der Waals surface area contributed by atoms with E-state index in [-0.39, 0.29) is 10.8 Å². The third-order valence-electron chi connectivity index (χ3n) is 5.55. The zero-order valence-electron chi connectivity index (χ0n) is 15.1. The summed E-state index contributed by atoms with van der Waals surface area (Å²) in [6.07, 6.45) is 3.88. The molecular formula is C19H28N2O3S. The van der Waals surface area contributed by atoms with E-state index in [2.05, 4.69) is 13.8 Å². The van der Waals surface area contributed by atoms with Gasteiger partial charge >= 0.3 is 0 Å². The van der Waals surface area contributed by atoms with E-state index < -0.39 is 10.0 Å². The molecule has 0 unspecified atom stereocenters. The number of hydrogen-bond donors (Lipinski definition) is 0. The van der Waals surface area contributed by atoms with Crippen molar-refractivity contribution < 1.29 is 13.2 Å². The second kappa shape index (κ2) is 7.46. The number of carbonyl (C=O) groups excluding carboxylic acids is 1. The van der Waals surface area contributed by atoms with E-state index in [0.29, 0.717) is 30.5 Å². The summed E-state index contributed by atoms with van der Waals surface area (Å²) in [7, 11) is -3.45. The van der Waals surface area contributed by atoms with Crippen LogP contribution in [0.2, 0.25) is 0 Å². The number of rotatable bonds is 3. The van der Waals surface area contributed by atoms with Crippen molar-refractivity contribution in [1.29, 1.82) is 0 Å². The Morgan fingerprint density at radius 3 is 1.88 bits per heavy atom. The van der Waals surface area contributed by atoms with Crippen LogP contribution < -0.4 is 0 Å². The molecule has 25 heavy (non-hydrogen) atoms. The molecule has 0 radical (unpaired) electrons. The van der Waals surface area contributed by atoms with Crippen molar-refractivity contribution in [3.8, 4) is 0 Å². The lowest BCUT2D eigenvalue weighted by Crippen LogP contribution is -2.38. The summed E-state index contributed by atoms with van der Waals surface area (Å²) in [6.45, 7) is 7.10. The molecule has 2 fully saturated rings. The molecule has 138 valence electrons. The monoisotopic (exact) mass is 364 g/mol. The Morgan fingerprint density at radius 1 is 0.880 bits per heavy atom. The number of hydrogen-bond acceptors (Lipinski definition) is 3. The molecule has 1 aromatic carbocycles. The number of nitrogens with zero attached hydrogens (tertiary/aromatic N) is 2. The van der Waals surface area contributed by atoms with E-state index in [0.717, 1.165) is 38.8 Å². The van der Waals surface area contributed by atoms with Gasteiger partial charge in [0.25, 0.3) is 5.91 Å². The maximum atomic E-state index is 12.7. The zero-order valence-corrected chi connectivity index (χ0v) is 16.0. The Morgan fingerprint density at radius 2 is 1.36 bits per heavy atom. The summed E-state index contributed by atoms with van der Waals surface area (Å²) in [5, 5.41) is 0. The van der Waals surface area contributed by atoms with Gasteiger partial charge in [0.2, 0.25) is 10.0 Å². The second-order valence-electron chi connectivity index (χ2n) is 7.59. The topological polar surface area (TPSA) is 57.7 Å². The van der Waals surface area contributed by atoms with E-state index in [1.807, 2.05) is 4.90 Å². The van der Waals surface area contributed by atoms with Crippen molar-refractivity contribution in [2.75, 3.05) is 26.2 Å². The van der Waals surface area contributed by atoms with Crippen LogP contribution in [0.25, 0.3) is 0 Å². The van der Waals surface area contributed by atoms with E-state index in [9.17, 15) is 13.2 Å². The molecular weight excluding hydrogens is 336 g/mol. The number of benzene rings is 1. The molecule has 0 aromatic heterocycles. The highest BCUT2D eigenvalue weighted by atomic mass is 32.2. The minimum atomic E-state index is -3.45. The lowest BCUT2D eigenvalue weighted by atomic mass is 9.98. The minimum absolute atomic E-state index is 0.00245. The van der Waals surface area contributed by atoms with Gasteiger partial charge in [0.1, 0.15) is 0 Å². The lowest BCUT2D eigenvalue weighted by molar-refractivity contribution is 0.0697. The Hall–Kier alpha value is -1.40. The summed E-state index contributed by atoms with van der Waals surface area (Å²) in [5.74, 6) is 1.25. The molecule has 0 saturated carbocycles. The van der Waals surface area contributed by atoms with Gasteiger partial charge in [0, 0.05) is 31.7 Å².